The van der Waals surface area contributed by atoms with Crippen molar-refractivity contribution in [3.63, 3.8) is 0 Å². The highest BCUT2D eigenvalue weighted by Crippen LogP contribution is 2.22. The Morgan fingerprint density at radius 1 is 1.27 bits per heavy atom. The summed E-state index contributed by atoms with van der Waals surface area (Å²) in [4.78, 5) is 11.3. The van der Waals surface area contributed by atoms with E-state index in [0.29, 0.717) is 12.0 Å². The van der Waals surface area contributed by atoms with Gasteiger partial charge in [0, 0.05) is 31.0 Å². The van der Waals surface area contributed by atoms with Gasteiger partial charge in [0.15, 0.2) is 0 Å². The van der Waals surface area contributed by atoms with E-state index in [1.165, 1.54) is 5.56 Å². The number of hydrogen-bond acceptors (Lipinski definition) is 5. The van der Waals surface area contributed by atoms with Crippen molar-refractivity contribution in [3.05, 3.63) is 42.1 Å². The molecule has 22 heavy (non-hydrogen) atoms. The fraction of sp³-hybridized carbons (Fsp3) is 0.412. The van der Waals surface area contributed by atoms with E-state index >= 15 is 0 Å². The molecule has 0 aliphatic carbocycles. The van der Waals surface area contributed by atoms with Crippen LogP contribution >= 0.6 is 0 Å². The molecule has 3 rings (SSSR count). The summed E-state index contributed by atoms with van der Waals surface area (Å²) < 4.78 is 0. The van der Waals surface area contributed by atoms with Crippen molar-refractivity contribution in [2.75, 3.05) is 30.4 Å². The Morgan fingerprint density at radius 3 is 2.91 bits per heavy atom. The summed E-state index contributed by atoms with van der Waals surface area (Å²) in [6.07, 6.45) is 3.96. The summed E-state index contributed by atoms with van der Waals surface area (Å²) in [5.41, 5.74) is 2.35. The summed E-state index contributed by atoms with van der Waals surface area (Å²) in [5.74, 6) is 1.65. The van der Waals surface area contributed by atoms with Crippen LogP contribution < -0.4 is 15.5 Å². The Hall–Kier alpha value is -2.14. The number of hydrogen-bond donors (Lipinski definition) is 2. The van der Waals surface area contributed by atoms with Gasteiger partial charge < -0.3 is 15.5 Å². The molecule has 5 nitrogen and oxygen atoms in total. The Kier molecular flexibility index (Phi) is 4.53. The van der Waals surface area contributed by atoms with Crippen LogP contribution in [0, 0.1) is 0 Å². The lowest BCUT2D eigenvalue weighted by atomic mass is 10.1. The van der Waals surface area contributed by atoms with E-state index in [1.807, 2.05) is 25.4 Å². The minimum Gasteiger partial charge on any atom is -0.355 e. The minimum atomic E-state index is 0.548. The predicted octanol–water partition coefficient (Wildman–Crippen LogP) is 2.58. The van der Waals surface area contributed by atoms with E-state index in [4.69, 9.17) is 0 Å². The number of nitrogens with one attached hydrogen (secondary N) is 2. The van der Waals surface area contributed by atoms with E-state index in [0.717, 1.165) is 37.4 Å². The normalized spacial score (nSPS) is 17.7. The highest BCUT2D eigenvalue weighted by molar-refractivity contribution is 5.59. The maximum atomic E-state index is 4.67. The van der Waals surface area contributed by atoms with Gasteiger partial charge in [-0.25, -0.2) is 4.98 Å². The largest absolute Gasteiger partial charge is 0.355 e. The van der Waals surface area contributed by atoms with Crippen molar-refractivity contribution in [3.8, 4) is 0 Å². The molecule has 1 aromatic carbocycles. The van der Waals surface area contributed by atoms with Gasteiger partial charge in [0.2, 0.25) is 5.95 Å². The van der Waals surface area contributed by atoms with Crippen molar-refractivity contribution in [1.82, 2.24) is 15.3 Å². The molecule has 0 spiro atoms. The van der Waals surface area contributed by atoms with E-state index in [9.17, 15) is 0 Å². The Morgan fingerprint density at radius 2 is 2.14 bits per heavy atom. The molecule has 0 amide bonds. The lowest BCUT2D eigenvalue weighted by molar-refractivity contribution is 0.616. The standard InChI is InChI=1S/C17H23N5/c1-3-13-6-4-5-7-15(13)20-17-19-10-8-16(21-17)22-11-9-14(12-22)18-2/h4-8,10,14,18H,3,9,11-12H2,1-2H3,(H,19,20,21)/t14-/m1/s1. The van der Waals surface area contributed by atoms with Gasteiger partial charge in [0.25, 0.3) is 0 Å². The number of benzene rings is 1. The third kappa shape index (κ3) is 3.20. The maximum absolute atomic E-state index is 4.67. The van der Waals surface area contributed by atoms with Gasteiger partial charge in [-0.1, -0.05) is 25.1 Å². The van der Waals surface area contributed by atoms with Crippen molar-refractivity contribution in [2.24, 2.45) is 0 Å². The Balaban J connectivity index is 1.77. The van der Waals surface area contributed by atoms with Crippen LogP contribution in [0.1, 0.15) is 18.9 Å². The molecule has 2 aromatic rings. The first-order valence-corrected chi connectivity index (χ1v) is 7.90. The average molecular weight is 297 g/mol. The van der Waals surface area contributed by atoms with Gasteiger partial charge in [0.05, 0.1) is 0 Å². The van der Waals surface area contributed by atoms with Crippen LogP contribution in [0.3, 0.4) is 0 Å². The molecule has 0 radical (unpaired) electrons. The van der Waals surface area contributed by atoms with Crippen LogP contribution in [0.2, 0.25) is 0 Å². The SMILES string of the molecule is CCc1ccccc1Nc1nccc(N2CC[C@@H](NC)C2)n1. The minimum absolute atomic E-state index is 0.548. The first kappa shape index (κ1) is 14.8. The van der Waals surface area contributed by atoms with Crippen LogP contribution in [0.25, 0.3) is 0 Å². The quantitative estimate of drug-likeness (QED) is 0.888. The Bertz CT molecular complexity index is 628. The summed E-state index contributed by atoms with van der Waals surface area (Å²) >= 11 is 0. The first-order valence-electron chi connectivity index (χ1n) is 7.90. The number of anilines is 3. The molecule has 1 aliphatic heterocycles. The number of aryl methyl sites for hydroxylation is 1. The number of aromatic nitrogens is 2. The molecular formula is C17H23N5. The molecule has 0 saturated carbocycles. The molecule has 1 saturated heterocycles. The van der Waals surface area contributed by atoms with E-state index < -0.39 is 0 Å². The summed E-state index contributed by atoms with van der Waals surface area (Å²) in [6.45, 7) is 4.19. The smallest absolute Gasteiger partial charge is 0.229 e. The monoisotopic (exact) mass is 297 g/mol. The van der Waals surface area contributed by atoms with Crippen LogP contribution in [0.4, 0.5) is 17.5 Å². The highest BCUT2D eigenvalue weighted by Gasteiger charge is 2.22. The number of para-hydroxylation sites is 1. The fourth-order valence-corrected chi connectivity index (χ4v) is 2.86. The van der Waals surface area contributed by atoms with Crippen molar-refractivity contribution >= 4 is 17.5 Å². The van der Waals surface area contributed by atoms with Gasteiger partial charge in [-0.05, 0) is 37.6 Å². The molecule has 1 aliphatic rings. The van der Waals surface area contributed by atoms with Crippen LogP contribution in [0.15, 0.2) is 36.5 Å². The zero-order valence-electron chi connectivity index (χ0n) is 13.2. The predicted molar refractivity (Wildman–Crippen MR) is 90.8 cm³/mol. The van der Waals surface area contributed by atoms with E-state index in [-0.39, 0.29) is 0 Å². The molecule has 0 bridgehead atoms. The van der Waals surface area contributed by atoms with Crippen LogP contribution in [-0.4, -0.2) is 36.1 Å². The zero-order chi connectivity index (χ0) is 15.4. The zero-order valence-corrected chi connectivity index (χ0v) is 13.2. The van der Waals surface area contributed by atoms with Crippen molar-refractivity contribution < 1.29 is 0 Å². The average Bonchev–Trinajstić information content (AvgIpc) is 3.05. The molecule has 2 N–H and O–H groups in total. The van der Waals surface area contributed by atoms with E-state index in [2.05, 4.69) is 50.6 Å². The third-order valence-corrected chi connectivity index (χ3v) is 4.21. The van der Waals surface area contributed by atoms with Crippen molar-refractivity contribution in [2.45, 2.75) is 25.8 Å². The molecular weight excluding hydrogens is 274 g/mol. The summed E-state index contributed by atoms with van der Waals surface area (Å²) in [5, 5.41) is 6.68. The second kappa shape index (κ2) is 6.75. The fourth-order valence-electron chi connectivity index (χ4n) is 2.86. The molecule has 1 fully saturated rings. The molecule has 2 heterocycles. The lowest BCUT2D eigenvalue weighted by Crippen LogP contribution is -2.29. The van der Waals surface area contributed by atoms with Crippen molar-refractivity contribution in [1.29, 1.82) is 0 Å². The van der Waals surface area contributed by atoms with Gasteiger partial charge in [0.1, 0.15) is 5.82 Å². The molecule has 0 unspecified atom stereocenters. The molecule has 1 atom stereocenters. The maximum Gasteiger partial charge on any atom is 0.229 e. The second-order valence-corrected chi connectivity index (χ2v) is 5.59. The molecule has 116 valence electrons. The highest BCUT2D eigenvalue weighted by atomic mass is 15.3. The van der Waals surface area contributed by atoms with Gasteiger partial charge in [-0.2, -0.15) is 4.98 Å². The van der Waals surface area contributed by atoms with Crippen LogP contribution in [0.5, 0.6) is 0 Å². The van der Waals surface area contributed by atoms with E-state index in [1.54, 1.807) is 0 Å². The number of nitrogens with zero attached hydrogens (tertiary/aromatic N) is 3. The Labute approximate surface area is 131 Å². The summed E-state index contributed by atoms with van der Waals surface area (Å²) in [6, 6.07) is 10.8. The molecule has 1 aromatic heterocycles. The van der Waals surface area contributed by atoms with Gasteiger partial charge in [-0.3, -0.25) is 0 Å². The lowest BCUT2D eigenvalue weighted by Gasteiger charge is -2.18. The second-order valence-electron chi connectivity index (χ2n) is 5.59. The van der Waals surface area contributed by atoms with Gasteiger partial charge in [-0.15, -0.1) is 0 Å². The summed E-state index contributed by atoms with van der Waals surface area (Å²) in [7, 11) is 2.02. The van der Waals surface area contributed by atoms with Gasteiger partial charge >= 0.3 is 0 Å². The van der Waals surface area contributed by atoms with Crippen LogP contribution in [-0.2, 0) is 6.42 Å². The number of rotatable bonds is 5. The number of likely N-dealkylation sites (N-methyl/N-ethyl adjacent to an activating group) is 1. The third-order valence-electron chi connectivity index (χ3n) is 4.21. The topological polar surface area (TPSA) is 53.1 Å². The first-order chi connectivity index (χ1) is 10.8. The molecule has 5 heteroatoms.